The van der Waals surface area contributed by atoms with Crippen LogP contribution in [0.2, 0.25) is 5.02 Å². The normalized spacial score (nSPS) is 17.6. The molecule has 2 amide bonds. The molecule has 0 saturated carbocycles. The number of halogens is 3. The van der Waals surface area contributed by atoms with Crippen LogP contribution in [0.4, 0.5) is 0 Å². The van der Waals surface area contributed by atoms with E-state index in [1.807, 2.05) is 35.2 Å². The third kappa shape index (κ3) is 7.23. The molecule has 8 heteroatoms. The van der Waals surface area contributed by atoms with E-state index in [0.29, 0.717) is 23.0 Å². The lowest BCUT2D eigenvalue weighted by Crippen LogP contribution is -2.45. The zero-order valence-electron chi connectivity index (χ0n) is 21.8. The number of nitrogens with zero attached hydrogens (tertiary/aromatic N) is 2. The number of hydrogen-bond donors (Lipinski definition) is 1. The minimum Gasteiger partial charge on any atom is -0.345 e. The Morgan fingerprint density at radius 1 is 0.949 bits per heavy atom. The van der Waals surface area contributed by atoms with Gasteiger partial charge >= 0.3 is 0 Å². The second kappa shape index (κ2) is 13.3. The van der Waals surface area contributed by atoms with Crippen molar-refractivity contribution < 1.29 is 9.59 Å². The first kappa shape index (κ1) is 29.6. The monoisotopic (exact) mass is 629 g/mol. The summed E-state index contributed by atoms with van der Waals surface area (Å²) in [5, 5.41) is 3.77. The highest BCUT2D eigenvalue weighted by Crippen LogP contribution is 2.42. The maximum Gasteiger partial charge on any atom is 0.251 e. The van der Waals surface area contributed by atoms with Crippen molar-refractivity contribution in [3.8, 4) is 0 Å². The molecular formula is C31H34BrCl2N3O2. The number of likely N-dealkylation sites (tertiary alicyclic amines) is 2. The first-order valence-electron chi connectivity index (χ1n) is 13.3. The van der Waals surface area contributed by atoms with E-state index in [0.717, 1.165) is 61.9 Å². The fraction of sp³-hybridized carbons (Fsp3) is 0.355. The number of carbonyl (C=O) groups is 2. The summed E-state index contributed by atoms with van der Waals surface area (Å²) in [6.45, 7) is 4.19. The van der Waals surface area contributed by atoms with Crippen LogP contribution in [0.5, 0.6) is 0 Å². The Labute approximate surface area is 250 Å². The van der Waals surface area contributed by atoms with Crippen LogP contribution < -0.4 is 5.32 Å². The van der Waals surface area contributed by atoms with Crippen molar-refractivity contribution in [1.29, 1.82) is 0 Å². The van der Waals surface area contributed by atoms with Gasteiger partial charge in [-0.15, -0.1) is 12.4 Å². The minimum atomic E-state index is -0.217. The molecule has 206 valence electrons. The van der Waals surface area contributed by atoms with E-state index < -0.39 is 0 Å². The van der Waals surface area contributed by atoms with E-state index in [9.17, 15) is 9.59 Å². The zero-order chi connectivity index (χ0) is 26.5. The quantitative estimate of drug-likeness (QED) is 0.295. The number of rotatable bonds is 8. The van der Waals surface area contributed by atoms with Crippen LogP contribution in [0.1, 0.15) is 53.2 Å². The Kier molecular flexibility index (Phi) is 10.1. The van der Waals surface area contributed by atoms with Gasteiger partial charge in [0.1, 0.15) is 0 Å². The summed E-state index contributed by atoms with van der Waals surface area (Å²) >= 11 is 9.59. The molecule has 1 unspecified atom stereocenters. The van der Waals surface area contributed by atoms with Crippen molar-refractivity contribution >= 4 is 51.8 Å². The molecule has 3 aromatic rings. The highest BCUT2D eigenvalue weighted by atomic mass is 79.9. The van der Waals surface area contributed by atoms with Crippen LogP contribution in [0.25, 0.3) is 0 Å². The number of carbonyl (C=O) groups excluding carboxylic acids is 2. The van der Waals surface area contributed by atoms with Crippen LogP contribution in [-0.4, -0.2) is 47.8 Å². The molecule has 0 aromatic heterocycles. The predicted molar refractivity (Wildman–Crippen MR) is 162 cm³/mol. The van der Waals surface area contributed by atoms with Crippen LogP contribution in [0.15, 0.2) is 83.3 Å². The molecule has 39 heavy (non-hydrogen) atoms. The van der Waals surface area contributed by atoms with Crippen molar-refractivity contribution in [2.45, 2.75) is 38.3 Å². The zero-order valence-corrected chi connectivity index (χ0v) is 25.0. The lowest BCUT2D eigenvalue weighted by atomic mass is 9.77. The Balaban J connectivity index is 0.00000353. The van der Waals surface area contributed by atoms with E-state index in [1.165, 1.54) is 5.56 Å². The SMILES string of the molecule is Cl.O=C(NC(CCN1CCC2(CC1)CCN(Cc1ccc(Br)cc1)C2=O)c1ccccc1)c1cccc(Cl)c1. The van der Waals surface area contributed by atoms with Gasteiger partial charge in [-0.1, -0.05) is 76.1 Å². The second-order valence-corrected chi connectivity index (χ2v) is 11.8. The molecule has 2 aliphatic rings. The van der Waals surface area contributed by atoms with Gasteiger partial charge in [-0.3, -0.25) is 9.59 Å². The molecule has 0 aliphatic carbocycles. The van der Waals surface area contributed by atoms with E-state index in [-0.39, 0.29) is 29.8 Å². The number of benzene rings is 3. The summed E-state index contributed by atoms with van der Waals surface area (Å²) in [6.07, 6.45) is 3.53. The van der Waals surface area contributed by atoms with Gasteiger partial charge in [0.25, 0.3) is 5.91 Å². The molecular weight excluding hydrogens is 597 g/mol. The first-order valence-corrected chi connectivity index (χ1v) is 14.5. The molecule has 0 radical (unpaired) electrons. The lowest BCUT2D eigenvalue weighted by molar-refractivity contribution is -0.138. The van der Waals surface area contributed by atoms with E-state index in [1.54, 1.807) is 24.3 Å². The molecule has 2 saturated heterocycles. The second-order valence-electron chi connectivity index (χ2n) is 10.5. The van der Waals surface area contributed by atoms with Gasteiger partial charge in [-0.25, -0.2) is 0 Å². The Morgan fingerprint density at radius 2 is 1.64 bits per heavy atom. The maximum absolute atomic E-state index is 13.4. The first-order chi connectivity index (χ1) is 18.4. The van der Waals surface area contributed by atoms with Crippen molar-refractivity contribution in [2.24, 2.45) is 5.41 Å². The van der Waals surface area contributed by atoms with E-state index in [4.69, 9.17) is 11.6 Å². The summed E-state index contributed by atoms with van der Waals surface area (Å²) in [4.78, 5) is 30.9. The third-order valence-electron chi connectivity index (χ3n) is 8.03. The van der Waals surface area contributed by atoms with Crippen LogP contribution in [0, 0.1) is 5.41 Å². The summed E-state index contributed by atoms with van der Waals surface area (Å²) in [5.41, 5.74) is 2.60. The fourth-order valence-electron chi connectivity index (χ4n) is 5.71. The van der Waals surface area contributed by atoms with E-state index in [2.05, 4.69) is 50.4 Å². The van der Waals surface area contributed by atoms with Gasteiger partial charge in [-0.05, 0) is 80.2 Å². The molecule has 0 bridgehead atoms. The average molecular weight is 631 g/mol. The fourth-order valence-corrected chi connectivity index (χ4v) is 6.17. The summed E-state index contributed by atoms with van der Waals surface area (Å²) in [7, 11) is 0. The van der Waals surface area contributed by atoms with Crippen molar-refractivity contribution in [1.82, 2.24) is 15.1 Å². The standard InChI is InChI=1S/C31H33BrClN3O2.ClH/c32-26-11-9-23(10-12-26)22-36-20-16-31(30(36)38)14-18-35(19-15-31)17-13-28(24-5-2-1-3-6-24)34-29(37)25-7-4-8-27(33)21-25;/h1-12,21,28H,13-20,22H2,(H,34,37);1H. The van der Waals surface area contributed by atoms with Gasteiger partial charge in [0, 0.05) is 34.7 Å². The molecule has 2 fully saturated rings. The smallest absolute Gasteiger partial charge is 0.251 e. The summed E-state index contributed by atoms with van der Waals surface area (Å²) in [6, 6.07) is 25.3. The number of amides is 2. The van der Waals surface area contributed by atoms with E-state index >= 15 is 0 Å². The molecule has 1 N–H and O–H groups in total. The number of hydrogen-bond acceptors (Lipinski definition) is 3. The highest BCUT2D eigenvalue weighted by Gasteiger charge is 2.47. The lowest BCUT2D eigenvalue weighted by Gasteiger charge is -2.38. The summed E-state index contributed by atoms with van der Waals surface area (Å²) < 4.78 is 1.05. The average Bonchev–Trinajstić information content (AvgIpc) is 3.23. The van der Waals surface area contributed by atoms with Gasteiger partial charge in [0.2, 0.25) is 5.91 Å². The number of piperidine rings is 1. The topological polar surface area (TPSA) is 52.7 Å². The maximum atomic E-state index is 13.4. The third-order valence-corrected chi connectivity index (χ3v) is 8.79. The predicted octanol–water partition coefficient (Wildman–Crippen LogP) is 6.90. The summed E-state index contributed by atoms with van der Waals surface area (Å²) in [5.74, 6) is 0.192. The molecule has 1 spiro atoms. The molecule has 1 atom stereocenters. The molecule has 3 aromatic carbocycles. The van der Waals surface area contributed by atoms with Crippen molar-refractivity contribution in [3.63, 3.8) is 0 Å². The van der Waals surface area contributed by atoms with Gasteiger partial charge < -0.3 is 15.1 Å². The van der Waals surface area contributed by atoms with Crippen LogP contribution in [0.3, 0.4) is 0 Å². The minimum absolute atomic E-state index is 0. The van der Waals surface area contributed by atoms with Crippen molar-refractivity contribution in [3.05, 3.63) is 105 Å². The molecule has 5 nitrogen and oxygen atoms in total. The Morgan fingerprint density at radius 3 is 2.33 bits per heavy atom. The van der Waals surface area contributed by atoms with Crippen LogP contribution >= 0.6 is 39.9 Å². The molecule has 2 aliphatic heterocycles. The van der Waals surface area contributed by atoms with Gasteiger partial charge in [-0.2, -0.15) is 0 Å². The Bertz CT molecular complexity index is 1260. The molecule has 2 heterocycles. The van der Waals surface area contributed by atoms with Gasteiger partial charge in [0.15, 0.2) is 0 Å². The highest BCUT2D eigenvalue weighted by molar-refractivity contribution is 9.10. The number of nitrogens with one attached hydrogen (secondary N) is 1. The molecule has 5 rings (SSSR count). The van der Waals surface area contributed by atoms with Crippen LogP contribution in [-0.2, 0) is 11.3 Å². The van der Waals surface area contributed by atoms with Crippen molar-refractivity contribution in [2.75, 3.05) is 26.2 Å². The Hall–Kier alpha value is -2.38. The van der Waals surface area contributed by atoms with Gasteiger partial charge in [0.05, 0.1) is 11.5 Å². The largest absolute Gasteiger partial charge is 0.345 e.